The molecule has 1 N–H and O–H groups in total. The van der Waals surface area contributed by atoms with E-state index in [1.165, 1.54) is 0 Å². The molecule has 0 aliphatic carbocycles. The maximum Gasteiger partial charge on any atom is 0.224 e. The van der Waals surface area contributed by atoms with Crippen LogP contribution in [0.3, 0.4) is 0 Å². The number of nitrogens with one attached hydrogen (secondary N) is 1. The van der Waals surface area contributed by atoms with Crippen molar-refractivity contribution in [1.29, 1.82) is 0 Å². The van der Waals surface area contributed by atoms with Crippen LogP contribution in [0.4, 0.5) is 5.69 Å². The zero-order chi connectivity index (χ0) is 18.2. The Labute approximate surface area is 158 Å². The van der Waals surface area contributed by atoms with Crippen molar-refractivity contribution in [2.45, 2.75) is 19.4 Å². The van der Waals surface area contributed by atoms with Gasteiger partial charge in [0.15, 0.2) is 0 Å². The lowest BCUT2D eigenvalue weighted by atomic mass is 10.1. The minimum atomic E-state index is -0.0688. The standard InChI is InChI=1S/C22H20ClNO2/c23-19-11-5-4-10-18(19)14-15-22(25)24-20-12-6-7-13-21(20)26-16-17-8-2-1-3-9-17/h1-13H,14-16H2,(H,24,25). The van der Waals surface area contributed by atoms with Gasteiger partial charge < -0.3 is 10.1 Å². The number of carbonyl (C=O) groups is 1. The van der Waals surface area contributed by atoms with Gasteiger partial charge in [-0.25, -0.2) is 0 Å². The highest BCUT2D eigenvalue weighted by Crippen LogP contribution is 2.25. The lowest BCUT2D eigenvalue weighted by Gasteiger charge is -2.13. The third-order valence-electron chi connectivity index (χ3n) is 3.98. The summed E-state index contributed by atoms with van der Waals surface area (Å²) in [4.78, 5) is 12.3. The van der Waals surface area contributed by atoms with Crippen LogP contribution in [0.1, 0.15) is 17.5 Å². The molecule has 4 heteroatoms. The van der Waals surface area contributed by atoms with Gasteiger partial charge in [-0.05, 0) is 35.7 Å². The molecule has 3 rings (SSSR count). The topological polar surface area (TPSA) is 38.3 Å². The Balaban J connectivity index is 1.59. The van der Waals surface area contributed by atoms with Gasteiger partial charge in [0, 0.05) is 11.4 Å². The van der Waals surface area contributed by atoms with Crippen LogP contribution >= 0.6 is 11.6 Å². The van der Waals surface area contributed by atoms with Crippen molar-refractivity contribution in [3.63, 3.8) is 0 Å². The van der Waals surface area contributed by atoms with Gasteiger partial charge in [-0.15, -0.1) is 0 Å². The first kappa shape index (κ1) is 18.0. The maximum atomic E-state index is 12.3. The second kappa shape index (κ2) is 9.07. The van der Waals surface area contributed by atoms with Crippen molar-refractivity contribution in [3.05, 3.63) is 95.0 Å². The molecule has 0 saturated carbocycles. The SMILES string of the molecule is O=C(CCc1ccccc1Cl)Nc1ccccc1OCc1ccccc1. The molecule has 0 aliphatic heterocycles. The highest BCUT2D eigenvalue weighted by molar-refractivity contribution is 6.31. The first-order valence-corrected chi connectivity index (χ1v) is 8.89. The minimum absolute atomic E-state index is 0.0688. The highest BCUT2D eigenvalue weighted by Gasteiger charge is 2.09. The molecule has 0 aromatic heterocycles. The number of aryl methyl sites for hydroxylation is 1. The molecule has 3 aromatic rings. The minimum Gasteiger partial charge on any atom is -0.487 e. The summed E-state index contributed by atoms with van der Waals surface area (Å²) in [5.74, 6) is 0.586. The highest BCUT2D eigenvalue weighted by atomic mass is 35.5. The molecule has 0 bridgehead atoms. The molecule has 0 heterocycles. The zero-order valence-electron chi connectivity index (χ0n) is 14.3. The monoisotopic (exact) mass is 365 g/mol. The average Bonchev–Trinajstić information content (AvgIpc) is 2.67. The summed E-state index contributed by atoms with van der Waals surface area (Å²) < 4.78 is 5.87. The molecule has 0 fully saturated rings. The number of anilines is 1. The summed E-state index contributed by atoms with van der Waals surface area (Å²) in [6.45, 7) is 0.452. The van der Waals surface area contributed by atoms with E-state index in [1.54, 1.807) is 0 Å². The predicted octanol–water partition coefficient (Wildman–Crippen LogP) is 5.49. The van der Waals surface area contributed by atoms with Crippen molar-refractivity contribution in [3.8, 4) is 5.75 Å². The van der Waals surface area contributed by atoms with Crippen molar-refractivity contribution in [2.24, 2.45) is 0 Å². The summed E-state index contributed by atoms with van der Waals surface area (Å²) in [6, 6.07) is 25.0. The van der Waals surface area contributed by atoms with E-state index in [1.807, 2.05) is 78.9 Å². The number of benzene rings is 3. The number of rotatable bonds is 7. The van der Waals surface area contributed by atoms with Crippen LogP contribution < -0.4 is 10.1 Å². The second-order valence-corrected chi connectivity index (χ2v) is 6.32. The van der Waals surface area contributed by atoms with Crippen LogP contribution in [-0.2, 0) is 17.8 Å². The largest absolute Gasteiger partial charge is 0.487 e. The number of carbonyl (C=O) groups excluding carboxylic acids is 1. The summed E-state index contributed by atoms with van der Waals surface area (Å²) in [6.07, 6.45) is 0.954. The molecule has 0 spiro atoms. The fourth-order valence-electron chi connectivity index (χ4n) is 2.59. The van der Waals surface area contributed by atoms with Crippen LogP contribution in [0.2, 0.25) is 5.02 Å². The third kappa shape index (κ3) is 5.11. The van der Waals surface area contributed by atoms with Gasteiger partial charge in [-0.2, -0.15) is 0 Å². The van der Waals surface area contributed by atoms with Gasteiger partial charge in [-0.3, -0.25) is 4.79 Å². The summed E-state index contributed by atoms with van der Waals surface area (Å²) in [5, 5.41) is 3.62. The van der Waals surface area contributed by atoms with Crippen LogP contribution in [0.5, 0.6) is 5.75 Å². The van der Waals surface area contributed by atoms with Crippen molar-refractivity contribution >= 4 is 23.2 Å². The van der Waals surface area contributed by atoms with Gasteiger partial charge in [0.05, 0.1) is 5.69 Å². The molecule has 0 radical (unpaired) electrons. The Morgan fingerprint density at radius 2 is 1.58 bits per heavy atom. The summed E-state index contributed by atoms with van der Waals surface area (Å²) in [7, 11) is 0. The van der Waals surface area contributed by atoms with E-state index in [9.17, 15) is 4.79 Å². The summed E-state index contributed by atoms with van der Waals surface area (Å²) >= 11 is 6.14. The van der Waals surface area contributed by atoms with E-state index < -0.39 is 0 Å². The van der Waals surface area contributed by atoms with E-state index in [0.717, 1.165) is 11.1 Å². The van der Waals surface area contributed by atoms with E-state index in [2.05, 4.69) is 5.32 Å². The van der Waals surface area contributed by atoms with E-state index >= 15 is 0 Å². The number of ether oxygens (including phenoxy) is 1. The third-order valence-corrected chi connectivity index (χ3v) is 4.35. The first-order chi connectivity index (χ1) is 12.7. The Bertz CT molecular complexity index is 865. The van der Waals surface area contributed by atoms with Gasteiger partial charge in [0.2, 0.25) is 5.91 Å². The molecule has 0 aliphatic rings. The molecule has 26 heavy (non-hydrogen) atoms. The Hall–Kier alpha value is -2.78. The normalized spacial score (nSPS) is 10.3. The van der Waals surface area contributed by atoms with Gasteiger partial charge in [0.1, 0.15) is 12.4 Å². The number of hydrogen-bond donors (Lipinski definition) is 1. The molecule has 3 aromatic carbocycles. The summed E-state index contributed by atoms with van der Waals surface area (Å²) in [5.41, 5.74) is 2.72. The second-order valence-electron chi connectivity index (χ2n) is 5.91. The fraction of sp³-hybridized carbons (Fsp3) is 0.136. The predicted molar refractivity (Wildman–Crippen MR) is 106 cm³/mol. The van der Waals surface area contributed by atoms with Crippen LogP contribution in [0.15, 0.2) is 78.9 Å². The number of amides is 1. The van der Waals surface area contributed by atoms with Crippen molar-refractivity contribution in [1.82, 2.24) is 0 Å². The quantitative estimate of drug-likeness (QED) is 0.601. The maximum absolute atomic E-state index is 12.3. The number of para-hydroxylation sites is 2. The fourth-order valence-corrected chi connectivity index (χ4v) is 2.82. The molecular formula is C22H20ClNO2. The molecule has 0 atom stereocenters. The van der Waals surface area contributed by atoms with Crippen LogP contribution in [0.25, 0.3) is 0 Å². The lowest BCUT2D eigenvalue weighted by Crippen LogP contribution is -2.13. The number of halogens is 1. The van der Waals surface area contributed by atoms with Gasteiger partial charge in [0.25, 0.3) is 0 Å². The molecule has 0 unspecified atom stereocenters. The van der Waals surface area contributed by atoms with E-state index in [-0.39, 0.29) is 5.91 Å². The Kier molecular flexibility index (Phi) is 6.29. The lowest BCUT2D eigenvalue weighted by molar-refractivity contribution is -0.116. The smallest absolute Gasteiger partial charge is 0.224 e. The zero-order valence-corrected chi connectivity index (χ0v) is 15.1. The molecular weight excluding hydrogens is 346 g/mol. The molecule has 132 valence electrons. The van der Waals surface area contributed by atoms with Crippen LogP contribution in [-0.4, -0.2) is 5.91 Å². The van der Waals surface area contributed by atoms with Gasteiger partial charge in [-0.1, -0.05) is 72.3 Å². The molecule has 1 amide bonds. The van der Waals surface area contributed by atoms with Gasteiger partial charge >= 0.3 is 0 Å². The van der Waals surface area contributed by atoms with Crippen molar-refractivity contribution in [2.75, 3.05) is 5.32 Å². The Morgan fingerprint density at radius 1 is 0.885 bits per heavy atom. The molecule has 0 saturated heterocycles. The number of hydrogen-bond acceptors (Lipinski definition) is 2. The van der Waals surface area contributed by atoms with Crippen molar-refractivity contribution < 1.29 is 9.53 Å². The first-order valence-electron chi connectivity index (χ1n) is 8.51. The molecule has 3 nitrogen and oxygen atoms in total. The van der Waals surface area contributed by atoms with E-state index in [4.69, 9.17) is 16.3 Å². The van der Waals surface area contributed by atoms with E-state index in [0.29, 0.717) is 35.9 Å². The Morgan fingerprint density at radius 3 is 2.38 bits per heavy atom. The average molecular weight is 366 g/mol. The van der Waals surface area contributed by atoms with Crippen LogP contribution in [0, 0.1) is 0 Å².